The zero-order valence-electron chi connectivity index (χ0n) is 16.3. The smallest absolute Gasteiger partial charge is 0.193 e. The SMILES string of the molecule is CCNC(=NCCN1c2ccccc2CC1C)N1CCC(COC)C1.I. The number of hydrogen-bond donors (Lipinski definition) is 1. The van der Waals surface area contributed by atoms with Gasteiger partial charge in [0.05, 0.1) is 13.2 Å². The van der Waals surface area contributed by atoms with Crippen molar-refractivity contribution >= 4 is 35.6 Å². The molecule has 6 heteroatoms. The molecule has 2 unspecified atom stereocenters. The van der Waals surface area contributed by atoms with Crippen molar-refractivity contribution in [3.05, 3.63) is 29.8 Å². The average Bonchev–Trinajstić information content (AvgIpc) is 3.19. The number of anilines is 1. The van der Waals surface area contributed by atoms with Crippen molar-refractivity contribution in [1.82, 2.24) is 10.2 Å². The molecule has 0 amide bonds. The fourth-order valence-corrected chi connectivity index (χ4v) is 4.06. The zero-order valence-corrected chi connectivity index (χ0v) is 18.6. The molecule has 0 aromatic heterocycles. The lowest BCUT2D eigenvalue weighted by Crippen LogP contribution is -2.41. The van der Waals surface area contributed by atoms with Gasteiger partial charge in [-0.05, 0) is 38.3 Å². The van der Waals surface area contributed by atoms with Gasteiger partial charge in [0.25, 0.3) is 0 Å². The van der Waals surface area contributed by atoms with Crippen LogP contribution in [-0.2, 0) is 11.2 Å². The van der Waals surface area contributed by atoms with Crippen molar-refractivity contribution < 1.29 is 4.74 Å². The summed E-state index contributed by atoms with van der Waals surface area (Å²) in [5.41, 5.74) is 2.85. The zero-order chi connectivity index (χ0) is 17.6. The Hall–Kier alpha value is -1.02. The number of benzene rings is 1. The Kier molecular flexibility index (Phi) is 8.47. The van der Waals surface area contributed by atoms with E-state index in [1.807, 2.05) is 0 Å². The maximum atomic E-state index is 5.31. The standard InChI is InChI=1S/C20H32N4O.HI/c1-4-21-20(23-11-9-17(14-23)15-25-3)22-10-12-24-16(2)13-18-7-5-6-8-19(18)24;/h5-8,16-17H,4,9-15H2,1-3H3,(H,21,22);1H. The second-order valence-corrected chi connectivity index (χ2v) is 7.17. The summed E-state index contributed by atoms with van der Waals surface area (Å²) in [5, 5.41) is 3.46. The normalized spacial score (nSPS) is 22.3. The first-order chi connectivity index (χ1) is 12.2. The van der Waals surface area contributed by atoms with Crippen LogP contribution in [0.4, 0.5) is 5.69 Å². The third-order valence-corrected chi connectivity index (χ3v) is 5.27. The molecule has 2 atom stereocenters. The second kappa shape index (κ2) is 10.3. The largest absolute Gasteiger partial charge is 0.384 e. The van der Waals surface area contributed by atoms with Crippen molar-refractivity contribution in [2.24, 2.45) is 10.9 Å². The Balaban J connectivity index is 0.00000243. The highest BCUT2D eigenvalue weighted by atomic mass is 127. The number of halogens is 1. The number of hydrogen-bond acceptors (Lipinski definition) is 3. The molecule has 5 nitrogen and oxygen atoms in total. The molecule has 146 valence electrons. The molecule has 1 saturated heterocycles. The van der Waals surface area contributed by atoms with E-state index < -0.39 is 0 Å². The van der Waals surface area contributed by atoms with Crippen LogP contribution in [0.5, 0.6) is 0 Å². The van der Waals surface area contributed by atoms with E-state index in [-0.39, 0.29) is 24.0 Å². The minimum absolute atomic E-state index is 0. The highest BCUT2D eigenvalue weighted by Crippen LogP contribution is 2.31. The van der Waals surface area contributed by atoms with E-state index >= 15 is 0 Å². The van der Waals surface area contributed by atoms with Crippen LogP contribution in [0, 0.1) is 5.92 Å². The van der Waals surface area contributed by atoms with Gasteiger partial charge in [0.15, 0.2) is 5.96 Å². The lowest BCUT2D eigenvalue weighted by Gasteiger charge is -2.25. The van der Waals surface area contributed by atoms with Crippen LogP contribution in [-0.4, -0.2) is 63.3 Å². The van der Waals surface area contributed by atoms with Gasteiger partial charge in [-0.25, -0.2) is 0 Å². The molecule has 3 rings (SSSR count). The molecule has 1 N–H and O–H groups in total. The lowest BCUT2D eigenvalue weighted by molar-refractivity contribution is 0.157. The Morgan fingerprint density at radius 1 is 1.35 bits per heavy atom. The van der Waals surface area contributed by atoms with Gasteiger partial charge in [-0.1, -0.05) is 18.2 Å². The number of methoxy groups -OCH3 is 1. The predicted molar refractivity (Wildman–Crippen MR) is 120 cm³/mol. The summed E-state index contributed by atoms with van der Waals surface area (Å²) < 4.78 is 5.31. The van der Waals surface area contributed by atoms with Crippen molar-refractivity contribution in [1.29, 1.82) is 0 Å². The van der Waals surface area contributed by atoms with Crippen LogP contribution in [0.2, 0.25) is 0 Å². The summed E-state index contributed by atoms with van der Waals surface area (Å²) in [6, 6.07) is 9.33. The van der Waals surface area contributed by atoms with Gasteiger partial charge in [0.1, 0.15) is 0 Å². The molecule has 2 aliphatic rings. The maximum Gasteiger partial charge on any atom is 0.193 e. The van der Waals surface area contributed by atoms with E-state index in [4.69, 9.17) is 9.73 Å². The summed E-state index contributed by atoms with van der Waals surface area (Å²) in [6.45, 7) is 10.1. The van der Waals surface area contributed by atoms with Gasteiger partial charge in [-0.3, -0.25) is 4.99 Å². The first kappa shape index (κ1) is 21.3. The number of rotatable bonds is 6. The summed E-state index contributed by atoms with van der Waals surface area (Å²) in [6.07, 6.45) is 2.33. The number of ether oxygens (including phenoxy) is 1. The monoisotopic (exact) mass is 472 g/mol. The topological polar surface area (TPSA) is 40.1 Å². The first-order valence-corrected chi connectivity index (χ1v) is 9.59. The van der Waals surface area contributed by atoms with Crippen molar-refractivity contribution in [3.8, 4) is 0 Å². The predicted octanol–water partition coefficient (Wildman–Crippen LogP) is 2.99. The third-order valence-electron chi connectivity index (χ3n) is 5.27. The summed E-state index contributed by atoms with van der Waals surface area (Å²) in [7, 11) is 1.79. The quantitative estimate of drug-likeness (QED) is 0.393. The fourth-order valence-electron chi connectivity index (χ4n) is 4.06. The van der Waals surface area contributed by atoms with E-state index in [0.29, 0.717) is 12.0 Å². The van der Waals surface area contributed by atoms with E-state index in [0.717, 1.165) is 51.7 Å². The molecule has 0 spiro atoms. The van der Waals surface area contributed by atoms with Crippen molar-refractivity contribution in [3.63, 3.8) is 0 Å². The number of nitrogens with one attached hydrogen (secondary N) is 1. The fraction of sp³-hybridized carbons (Fsp3) is 0.650. The first-order valence-electron chi connectivity index (χ1n) is 9.59. The summed E-state index contributed by atoms with van der Waals surface area (Å²) >= 11 is 0. The average molecular weight is 472 g/mol. The Bertz CT molecular complexity index is 595. The highest BCUT2D eigenvalue weighted by Gasteiger charge is 2.26. The van der Waals surface area contributed by atoms with Gasteiger partial charge in [0.2, 0.25) is 0 Å². The van der Waals surface area contributed by atoms with E-state index in [1.165, 1.54) is 17.7 Å². The molecular formula is C20H33IN4O. The number of nitrogens with zero attached hydrogens (tertiary/aromatic N) is 3. The van der Waals surface area contributed by atoms with Gasteiger partial charge >= 0.3 is 0 Å². The van der Waals surface area contributed by atoms with E-state index in [9.17, 15) is 0 Å². The molecule has 1 aromatic rings. The molecule has 0 radical (unpaired) electrons. The van der Waals surface area contributed by atoms with Crippen molar-refractivity contribution in [2.75, 3.05) is 51.3 Å². The molecule has 2 aliphatic heterocycles. The van der Waals surface area contributed by atoms with Crippen molar-refractivity contribution in [2.45, 2.75) is 32.7 Å². The van der Waals surface area contributed by atoms with E-state index in [1.54, 1.807) is 7.11 Å². The van der Waals surface area contributed by atoms with E-state index in [2.05, 4.69) is 53.2 Å². The Morgan fingerprint density at radius 2 is 2.15 bits per heavy atom. The molecular weight excluding hydrogens is 439 g/mol. The van der Waals surface area contributed by atoms with Gasteiger partial charge < -0.3 is 19.9 Å². The Morgan fingerprint density at radius 3 is 2.92 bits per heavy atom. The number of guanidine groups is 1. The van der Waals surface area contributed by atoms with Gasteiger partial charge in [-0.2, -0.15) is 0 Å². The number of aliphatic imine (C=N–C) groups is 1. The number of fused-ring (bicyclic) bond motifs is 1. The van der Waals surface area contributed by atoms with Crippen LogP contribution in [0.1, 0.15) is 25.8 Å². The van der Waals surface area contributed by atoms with Gasteiger partial charge in [-0.15, -0.1) is 24.0 Å². The van der Waals surface area contributed by atoms with Crippen LogP contribution >= 0.6 is 24.0 Å². The number of para-hydroxylation sites is 1. The molecule has 0 bridgehead atoms. The molecule has 1 aromatic carbocycles. The molecule has 0 saturated carbocycles. The third kappa shape index (κ3) is 5.03. The minimum atomic E-state index is 0. The van der Waals surface area contributed by atoms with Crippen LogP contribution in [0.3, 0.4) is 0 Å². The number of likely N-dealkylation sites (tertiary alicyclic amines) is 1. The molecule has 1 fully saturated rings. The summed E-state index contributed by atoms with van der Waals surface area (Å²) in [4.78, 5) is 9.79. The Labute approximate surface area is 175 Å². The molecule has 2 heterocycles. The van der Waals surface area contributed by atoms with Gasteiger partial charge in [0, 0.05) is 50.9 Å². The molecule has 26 heavy (non-hydrogen) atoms. The maximum absolute atomic E-state index is 5.31. The van der Waals surface area contributed by atoms with Crippen LogP contribution in [0.25, 0.3) is 0 Å². The minimum Gasteiger partial charge on any atom is -0.384 e. The molecule has 0 aliphatic carbocycles. The summed E-state index contributed by atoms with van der Waals surface area (Å²) in [5.74, 6) is 1.68. The highest BCUT2D eigenvalue weighted by molar-refractivity contribution is 14.0. The van der Waals surface area contributed by atoms with Crippen LogP contribution in [0.15, 0.2) is 29.3 Å². The second-order valence-electron chi connectivity index (χ2n) is 7.17. The lowest BCUT2D eigenvalue weighted by atomic mass is 10.1. The van der Waals surface area contributed by atoms with Crippen LogP contribution < -0.4 is 10.2 Å².